The number of thiophene rings is 1. The van der Waals surface area contributed by atoms with Crippen LogP contribution in [0.5, 0.6) is 5.75 Å². The molecule has 4 rings (SSSR count). The fraction of sp³-hybridized carbons (Fsp3) is 0.414. The SMILES string of the molecule is CCC(=O)N(c1ccccc1)C1CCN(Cc2ccc(F)cc2OC(CCNC)c2cccs2)CC1. The Bertz CT molecular complexity index is 1090. The van der Waals surface area contributed by atoms with Crippen molar-refractivity contribution in [3.05, 3.63) is 82.3 Å². The van der Waals surface area contributed by atoms with E-state index in [1.54, 1.807) is 11.3 Å². The Morgan fingerprint density at radius 3 is 2.61 bits per heavy atom. The predicted octanol–water partition coefficient (Wildman–Crippen LogP) is 6.02. The number of carbonyl (C=O) groups excluding carboxylic acids is 1. The van der Waals surface area contributed by atoms with E-state index in [0.717, 1.165) is 55.0 Å². The Balaban J connectivity index is 1.44. The molecule has 1 atom stereocenters. The third-order valence-corrected chi connectivity index (χ3v) is 7.70. The Morgan fingerprint density at radius 1 is 1.17 bits per heavy atom. The number of likely N-dealkylation sites (tertiary alicyclic amines) is 1. The number of nitrogens with zero attached hydrogens (tertiary/aromatic N) is 2. The van der Waals surface area contributed by atoms with Gasteiger partial charge in [0.2, 0.25) is 5.91 Å². The molecule has 1 aliphatic rings. The van der Waals surface area contributed by atoms with Gasteiger partial charge in [-0.15, -0.1) is 11.3 Å². The number of para-hydroxylation sites is 1. The molecule has 0 spiro atoms. The van der Waals surface area contributed by atoms with Gasteiger partial charge in [-0.3, -0.25) is 9.69 Å². The van der Waals surface area contributed by atoms with Gasteiger partial charge in [0.15, 0.2) is 0 Å². The van der Waals surface area contributed by atoms with Gasteiger partial charge in [0.05, 0.1) is 0 Å². The maximum absolute atomic E-state index is 14.2. The number of anilines is 1. The van der Waals surface area contributed by atoms with Gasteiger partial charge in [-0.2, -0.15) is 0 Å². The van der Waals surface area contributed by atoms with Gasteiger partial charge < -0.3 is 15.0 Å². The second kappa shape index (κ2) is 13.0. The summed E-state index contributed by atoms with van der Waals surface area (Å²) < 4.78 is 20.7. The minimum atomic E-state index is -0.289. The van der Waals surface area contributed by atoms with Crippen molar-refractivity contribution in [3.8, 4) is 5.75 Å². The van der Waals surface area contributed by atoms with E-state index in [2.05, 4.69) is 16.3 Å². The lowest BCUT2D eigenvalue weighted by molar-refractivity contribution is -0.119. The standard InChI is InChI=1S/C29H36FN3O2S/c1-3-29(34)33(24-8-5-4-6-9-24)25-14-17-32(18-15-25)21-22-11-12-23(30)20-27(22)35-26(13-16-31-2)28-10-7-19-36-28/h4-12,19-20,25-26,31H,3,13-18,21H2,1-2H3. The highest BCUT2D eigenvalue weighted by molar-refractivity contribution is 7.10. The predicted molar refractivity (Wildman–Crippen MR) is 145 cm³/mol. The molecule has 5 nitrogen and oxygen atoms in total. The summed E-state index contributed by atoms with van der Waals surface area (Å²) in [5.74, 6) is 0.483. The second-order valence-electron chi connectivity index (χ2n) is 9.23. The van der Waals surface area contributed by atoms with E-state index >= 15 is 0 Å². The largest absolute Gasteiger partial charge is 0.484 e. The number of benzene rings is 2. The van der Waals surface area contributed by atoms with E-state index in [1.165, 1.54) is 12.1 Å². The van der Waals surface area contributed by atoms with Gasteiger partial charge in [-0.25, -0.2) is 4.39 Å². The molecular formula is C29H36FN3O2S. The van der Waals surface area contributed by atoms with Crippen molar-refractivity contribution in [2.24, 2.45) is 0 Å². The summed E-state index contributed by atoms with van der Waals surface area (Å²) in [6.45, 7) is 5.17. The highest BCUT2D eigenvalue weighted by Gasteiger charge is 2.29. The molecule has 1 N–H and O–H groups in total. The number of piperidine rings is 1. The summed E-state index contributed by atoms with van der Waals surface area (Å²) >= 11 is 1.66. The second-order valence-corrected chi connectivity index (χ2v) is 10.2. The van der Waals surface area contributed by atoms with Crippen molar-refractivity contribution < 1.29 is 13.9 Å². The molecule has 0 aliphatic carbocycles. The van der Waals surface area contributed by atoms with Gasteiger partial charge in [-0.1, -0.05) is 37.3 Å². The number of rotatable bonds is 11. The molecule has 1 aliphatic heterocycles. The van der Waals surface area contributed by atoms with E-state index in [0.29, 0.717) is 18.7 Å². The molecule has 36 heavy (non-hydrogen) atoms. The van der Waals surface area contributed by atoms with E-state index in [4.69, 9.17) is 4.74 Å². The fourth-order valence-corrected chi connectivity index (χ4v) is 5.61. The lowest BCUT2D eigenvalue weighted by atomic mass is 10.0. The monoisotopic (exact) mass is 509 g/mol. The molecule has 1 unspecified atom stereocenters. The quantitative estimate of drug-likeness (QED) is 0.343. The lowest BCUT2D eigenvalue weighted by Gasteiger charge is -2.38. The maximum Gasteiger partial charge on any atom is 0.226 e. The fourth-order valence-electron chi connectivity index (χ4n) is 4.83. The van der Waals surface area contributed by atoms with Crippen molar-refractivity contribution in [2.45, 2.75) is 51.3 Å². The van der Waals surface area contributed by atoms with E-state index in [1.807, 2.05) is 66.7 Å². The first-order valence-corrected chi connectivity index (χ1v) is 13.7. The first kappa shape index (κ1) is 26.3. The lowest BCUT2D eigenvalue weighted by Crippen LogP contribution is -2.47. The zero-order valence-electron chi connectivity index (χ0n) is 21.2. The molecule has 1 aromatic heterocycles. The van der Waals surface area contributed by atoms with Crippen molar-refractivity contribution in [1.82, 2.24) is 10.2 Å². The van der Waals surface area contributed by atoms with E-state index < -0.39 is 0 Å². The third-order valence-electron chi connectivity index (χ3n) is 6.74. The summed E-state index contributed by atoms with van der Waals surface area (Å²) in [4.78, 5) is 18.3. The number of nitrogens with one attached hydrogen (secondary N) is 1. The Labute approximate surface area is 217 Å². The van der Waals surface area contributed by atoms with Crippen molar-refractivity contribution >= 4 is 22.9 Å². The minimum Gasteiger partial charge on any atom is -0.484 e. The van der Waals surface area contributed by atoms with Gasteiger partial charge in [0, 0.05) is 60.7 Å². The van der Waals surface area contributed by atoms with Gasteiger partial charge in [0.1, 0.15) is 17.7 Å². The summed E-state index contributed by atoms with van der Waals surface area (Å²) in [7, 11) is 1.93. The van der Waals surface area contributed by atoms with Gasteiger partial charge in [0.25, 0.3) is 0 Å². The Hall–Kier alpha value is -2.74. The van der Waals surface area contributed by atoms with Crippen LogP contribution in [-0.4, -0.2) is 43.5 Å². The first-order chi connectivity index (χ1) is 17.6. The van der Waals surface area contributed by atoms with E-state index in [9.17, 15) is 9.18 Å². The highest BCUT2D eigenvalue weighted by Crippen LogP contribution is 2.32. The highest BCUT2D eigenvalue weighted by atomic mass is 32.1. The molecule has 1 fully saturated rings. The van der Waals surface area contributed by atoms with Crippen LogP contribution in [0.25, 0.3) is 0 Å². The first-order valence-electron chi connectivity index (χ1n) is 12.8. The van der Waals surface area contributed by atoms with Crippen LogP contribution < -0.4 is 15.0 Å². The number of carbonyl (C=O) groups is 1. The number of hydrogen-bond acceptors (Lipinski definition) is 5. The minimum absolute atomic E-state index is 0.122. The summed E-state index contributed by atoms with van der Waals surface area (Å²) in [5.41, 5.74) is 1.96. The van der Waals surface area contributed by atoms with Gasteiger partial charge in [-0.05, 0) is 56.1 Å². The summed E-state index contributed by atoms with van der Waals surface area (Å²) in [5, 5.41) is 5.23. The molecule has 3 aromatic rings. The number of amides is 1. The van der Waals surface area contributed by atoms with Crippen LogP contribution in [0, 0.1) is 5.82 Å². The zero-order chi connectivity index (χ0) is 25.3. The van der Waals surface area contributed by atoms with E-state index in [-0.39, 0.29) is 23.9 Å². The van der Waals surface area contributed by atoms with Crippen LogP contribution in [0.1, 0.15) is 49.2 Å². The third kappa shape index (κ3) is 6.72. The van der Waals surface area contributed by atoms with Crippen LogP contribution >= 0.6 is 11.3 Å². The van der Waals surface area contributed by atoms with Crippen LogP contribution in [0.15, 0.2) is 66.0 Å². The molecule has 2 heterocycles. The normalized spacial score (nSPS) is 15.5. The van der Waals surface area contributed by atoms with Gasteiger partial charge >= 0.3 is 0 Å². The Kier molecular flexibility index (Phi) is 9.50. The molecule has 0 bridgehead atoms. The molecule has 2 aromatic carbocycles. The number of ether oxygens (including phenoxy) is 1. The van der Waals surface area contributed by atoms with Crippen molar-refractivity contribution in [1.29, 1.82) is 0 Å². The van der Waals surface area contributed by atoms with Crippen LogP contribution in [0.2, 0.25) is 0 Å². The van der Waals surface area contributed by atoms with Crippen molar-refractivity contribution in [3.63, 3.8) is 0 Å². The average molecular weight is 510 g/mol. The number of hydrogen-bond donors (Lipinski definition) is 1. The smallest absolute Gasteiger partial charge is 0.226 e. The summed E-state index contributed by atoms with van der Waals surface area (Å²) in [6, 6.07) is 19.1. The molecule has 7 heteroatoms. The molecule has 1 amide bonds. The average Bonchev–Trinajstić information content (AvgIpc) is 3.44. The molecule has 0 radical (unpaired) electrons. The van der Waals surface area contributed by atoms with Crippen LogP contribution in [0.4, 0.5) is 10.1 Å². The number of halogens is 1. The maximum atomic E-state index is 14.2. The van der Waals surface area contributed by atoms with Crippen LogP contribution in [-0.2, 0) is 11.3 Å². The molecule has 1 saturated heterocycles. The molecule has 192 valence electrons. The van der Waals surface area contributed by atoms with Crippen LogP contribution in [0.3, 0.4) is 0 Å². The molecular weight excluding hydrogens is 473 g/mol. The van der Waals surface area contributed by atoms with Crippen molar-refractivity contribution in [2.75, 3.05) is 31.6 Å². The zero-order valence-corrected chi connectivity index (χ0v) is 22.0. The topological polar surface area (TPSA) is 44.8 Å². The molecule has 0 saturated carbocycles. The summed E-state index contributed by atoms with van der Waals surface area (Å²) in [6.07, 6.45) is 2.97. The Morgan fingerprint density at radius 2 is 1.94 bits per heavy atom.